The molecular weight excluding hydrogens is 647 g/mol. The number of allylic oxidation sites excluding steroid dienone is 1. The summed E-state index contributed by atoms with van der Waals surface area (Å²) in [4.78, 5) is 0. The molecule has 42 heavy (non-hydrogen) atoms. The molecule has 208 valence electrons. The molecule has 0 spiro atoms. The van der Waals surface area contributed by atoms with Crippen molar-refractivity contribution in [2.24, 2.45) is 0 Å². The second kappa shape index (κ2) is 10.9. The van der Waals surface area contributed by atoms with E-state index in [2.05, 4.69) is 137 Å². The van der Waals surface area contributed by atoms with Gasteiger partial charge < -0.3 is 0 Å². The summed E-state index contributed by atoms with van der Waals surface area (Å²) in [7, 11) is 15.3. The Kier molecular flexibility index (Phi) is 7.35. The standard InChI is InChI=1S/C26H25.C12H9Si.2ClH.Zr/c1-17(2)24-11-10-21-15-22(20-8-6-5-7-9-20)16-25(21)26(24)23-13-18(3)12-19(4)14-23;1-3-7-11-9(5-1)10-6-2-4-8-12(10)13-11;;;/h5-17H,1-4H3;1-7H,13H2;2*1H;/q;;;;+2/p-2. The van der Waals surface area contributed by atoms with Crippen LogP contribution in [0.2, 0.25) is 0 Å². The van der Waals surface area contributed by atoms with Crippen LogP contribution < -0.4 is 13.6 Å². The number of halogens is 2. The van der Waals surface area contributed by atoms with Crippen molar-refractivity contribution in [3.63, 3.8) is 0 Å². The van der Waals surface area contributed by atoms with Gasteiger partial charge in [0.25, 0.3) is 0 Å². The fourth-order valence-corrected chi connectivity index (χ4v) is 23.7. The van der Waals surface area contributed by atoms with Gasteiger partial charge >= 0.3 is 266 Å². The number of fused-ring (bicyclic) bond motifs is 4. The van der Waals surface area contributed by atoms with Gasteiger partial charge in [0.1, 0.15) is 0 Å². The maximum atomic E-state index is 7.97. The van der Waals surface area contributed by atoms with E-state index in [1.54, 1.807) is 0 Å². The summed E-state index contributed by atoms with van der Waals surface area (Å²) in [6.07, 6.45) is 2.43. The van der Waals surface area contributed by atoms with Crippen LogP contribution in [0.3, 0.4) is 0 Å². The Morgan fingerprint density at radius 3 is 2.14 bits per heavy atom. The Morgan fingerprint density at radius 1 is 0.714 bits per heavy atom. The van der Waals surface area contributed by atoms with Gasteiger partial charge in [0, 0.05) is 0 Å². The average molecular weight is 681 g/mol. The van der Waals surface area contributed by atoms with Crippen LogP contribution in [-0.2, 0) is 17.9 Å². The summed E-state index contributed by atoms with van der Waals surface area (Å²) in [6, 6.07) is 38.0. The third kappa shape index (κ3) is 4.67. The predicted molar refractivity (Wildman–Crippen MR) is 184 cm³/mol. The Balaban J connectivity index is 1.48. The van der Waals surface area contributed by atoms with E-state index in [4.69, 9.17) is 17.0 Å². The van der Waals surface area contributed by atoms with E-state index in [9.17, 15) is 0 Å². The molecule has 0 saturated heterocycles. The van der Waals surface area contributed by atoms with Crippen LogP contribution in [0, 0.1) is 13.8 Å². The first kappa shape index (κ1) is 28.3. The van der Waals surface area contributed by atoms with E-state index in [-0.39, 0.29) is 3.63 Å². The zero-order valence-electron chi connectivity index (χ0n) is 24.5. The third-order valence-corrected chi connectivity index (χ3v) is 23.2. The Bertz CT molecular complexity index is 1870. The van der Waals surface area contributed by atoms with Gasteiger partial charge in [0.15, 0.2) is 0 Å². The van der Waals surface area contributed by atoms with Gasteiger partial charge in [-0.1, -0.05) is 0 Å². The third-order valence-electron chi connectivity index (χ3n) is 9.05. The van der Waals surface area contributed by atoms with E-state index in [1.807, 2.05) is 0 Å². The van der Waals surface area contributed by atoms with Crippen molar-refractivity contribution in [3.05, 3.63) is 137 Å². The summed E-state index contributed by atoms with van der Waals surface area (Å²) in [5, 5.41) is 2.97. The van der Waals surface area contributed by atoms with Gasteiger partial charge in [-0.25, -0.2) is 0 Å². The molecule has 1 atom stereocenters. The predicted octanol–water partition coefficient (Wildman–Crippen LogP) is 8.58. The van der Waals surface area contributed by atoms with Gasteiger partial charge in [0.05, 0.1) is 0 Å². The molecule has 0 aromatic heterocycles. The molecule has 1 unspecified atom stereocenters. The number of benzene rings is 5. The van der Waals surface area contributed by atoms with E-state index in [1.165, 1.54) is 74.9 Å². The van der Waals surface area contributed by atoms with Crippen LogP contribution in [0.1, 0.15) is 56.8 Å². The second-order valence-corrected chi connectivity index (χ2v) is 28.1. The number of rotatable bonds is 5. The van der Waals surface area contributed by atoms with Crippen LogP contribution in [0.25, 0.3) is 33.9 Å². The quantitative estimate of drug-likeness (QED) is 0.160. The maximum absolute atomic E-state index is 7.97. The van der Waals surface area contributed by atoms with Crippen molar-refractivity contribution in [1.29, 1.82) is 0 Å². The van der Waals surface area contributed by atoms with Gasteiger partial charge in [-0.3, -0.25) is 0 Å². The molecule has 5 aromatic rings. The van der Waals surface area contributed by atoms with Crippen LogP contribution in [0.4, 0.5) is 0 Å². The average Bonchev–Trinajstić information content (AvgIpc) is 3.56. The minimum atomic E-state index is -4.13. The monoisotopic (exact) mass is 678 g/mol. The topological polar surface area (TPSA) is 0 Å². The minimum absolute atomic E-state index is 0.00452. The molecule has 0 radical (unpaired) electrons. The number of hydrogen-bond acceptors (Lipinski definition) is 0. The molecule has 2 aliphatic rings. The molecule has 1 aliphatic carbocycles. The summed E-state index contributed by atoms with van der Waals surface area (Å²) in [5.41, 5.74) is 14.4. The van der Waals surface area contributed by atoms with Crippen LogP contribution >= 0.6 is 17.0 Å². The fraction of sp³-hybridized carbons (Fsp3) is 0.158. The van der Waals surface area contributed by atoms with E-state index < -0.39 is 27.4 Å². The molecule has 0 fully saturated rings. The molecular formula is C38H34Cl2SiZr. The van der Waals surface area contributed by atoms with Crippen molar-refractivity contribution in [2.45, 2.75) is 37.2 Å². The van der Waals surface area contributed by atoms with Gasteiger partial charge in [-0.2, -0.15) is 0 Å². The summed E-state index contributed by atoms with van der Waals surface area (Å²) < 4.78 is 1.27. The van der Waals surface area contributed by atoms with Gasteiger partial charge in [-0.05, 0) is 0 Å². The first-order valence-electron chi connectivity index (χ1n) is 14.8. The molecule has 0 saturated carbocycles. The molecule has 0 bridgehead atoms. The van der Waals surface area contributed by atoms with Crippen LogP contribution in [0.5, 0.6) is 0 Å². The Hall–Kier alpha value is -2.48. The van der Waals surface area contributed by atoms with Gasteiger partial charge in [0.2, 0.25) is 0 Å². The summed E-state index contributed by atoms with van der Waals surface area (Å²) in [6.45, 7) is 8.98. The van der Waals surface area contributed by atoms with Crippen LogP contribution in [-0.4, -0.2) is 9.52 Å². The van der Waals surface area contributed by atoms with Crippen molar-refractivity contribution in [2.75, 3.05) is 0 Å². The first-order chi connectivity index (χ1) is 20.2. The van der Waals surface area contributed by atoms with Crippen molar-refractivity contribution < 1.29 is 17.9 Å². The number of aryl methyl sites for hydroxylation is 2. The SMILES string of the molecule is Cc1cc(C)cc(-c2c(C(C)C)ccc3c2C=C(c2ccccc2)[CH]3[Zr]([Cl])([Cl])[c]2cccc3c2[SiH2]c2ccccc2-3)c1. The molecule has 0 amide bonds. The molecule has 5 aromatic carbocycles. The number of hydrogen-bond donors (Lipinski definition) is 0. The summed E-state index contributed by atoms with van der Waals surface area (Å²) >= 11 is -4.13. The van der Waals surface area contributed by atoms with Crippen molar-refractivity contribution in [1.82, 2.24) is 0 Å². The molecule has 1 aliphatic heterocycles. The Morgan fingerprint density at radius 2 is 1.40 bits per heavy atom. The molecule has 0 N–H and O–H groups in total. The van der Waals surface area contributed by atoms with Crippen LogP contribution in [0.15, 0.2) is 103 Å². The van der Waals surface area contributed by atoms with E-state index >= 15 is 0 Å². The molecule has 1 heterocycles. The fourth-order valence-electron chi connectivity index (χ4n) is 7.28. The normalized spacial score (nSPS) is 16.0. The summed E-state index contributed by atoms with van der Waals surface area (Å²) in [5.74, 6) is 0.390. The zero-order chi connectivity index (χ0) is 29.2. The van der Waals surface area contributed by atoms with E-state index in [0.29, 0.717) is 5.92 Å². The van der Waals surface area contributed by atoms with Crippen molar-refractivity contribution in [3.8, 4) is 22.3 Å². The van der Waals surface area contributed by atoms with E-state index in [0.717, 1.165) is 0 Å². The molecule has 7 rings (SSSR count). The van der Waals surface area contributed by atoms with Gasteiger partial charge in [-0.15, -0.1) is 0 Å². The first-order valence-corrected chi connectivity index (χ1v) is 25.2. The second-order valence-electron chi connectivity index (χ2n) is 12.3. The molecule has 0 nitrogen and oxygen atoms in total. The zero-order valence-corrected chi connectivity index (χ0v) is 29.9. The Labute approximate surface area is 263 Å². The van der Waals surface area contributed by atoms with Crippen molar-refractivity contribution >= 4 is 51.8 Å². The molecule has 4 heteroatoms.